The van der Waals surface area contributed by atoms with Crippen LogP contribution in [0, 0.1) is 0 Å². The SMILES string of the molecule is CCOc1ccc(CC)cc1S(=O)(=O)N1CCN(c2ccccc2)CC1. The third kappa shape index (κ3) is 3.86. The minimum atomic E-state index is -3.57. The number of sulfonamides is 1. The van der Waals surface area contributed by atoms with Crippen LogP contribution in [0.15, 0.2) is 53.4 Å². The van der Waals surface area contributed by atoms with Crippen molar-refractivity contribution in [2.75, 3.05) is 37.7 Å². The first-order valence-corrected chi connectivity index (χ1v) is 10.6. The highest BCUT2D eigenvalue weighted by Gasteiger charge is 2.31. The van der Waals surface area contributed by atoms with Crippen molar-refractivity contribution in [3.63, 3.8) is 0 Å². The Kier molecular flexibility index (Phi) is 5.84. The molecule has 0 aromatic heterocycles. The molecule has 1 heterocycles. The number of ether oxygens (including phenoxy) is 1. The molecule has 140 valence electrons. The second-order valence-electron chi connectivity index (χ2n) is 6.29. The monoisotopic (exact) mass is 374 g/mol. The molecule has 0 amide bonds. The van der Waals surface area contributed by atoms with Crippen molar-refractivity contribution in [2.45, 2.75) is 25.2 Å². The predicted molar refractivity (Wildman–Crippen MR) is 104 cm³/mol. The molecule has 1 saturated heterocycles. The van der Waals surface area contributed by atoms with Gasteiger partial charge in [0.2, 0.25) is 10.0 Å². The van der Waals surface area contributed by atoms with Gasteiger partial charge >= 0.3 is 0 Å². The summed E-state index contributed by atoms with van der Waals surface area (Å²) in [7, 11) is -3.57. The molecule has 0 saturated carbocycles. The van der Waals surface area contributed by atoms with Crippen molar-refractivity contribution in [1.29, 1.82) is 0 Å². The lowest BCUT2D eigenvalue weighted by atomic mass is 10.2. The first-order chi connectivity index (χ1) is 12.6. The van der Waals surface area contributed by atoms with Gasteiger partial charge in [-0.05, 0) is 43.2 Å². The standard InChI is InChI=1S/C20H26N2O3S/c1-3-17-10-11-19(25-4-2)20(16-17)26(23,24)22-14-12-21(13-15-22)18-8-6-5-7-9-18/h5-11,16H,3-4,12-15H2,1-2H3. The number of para-hydroxylation sites is 1. The van der Waals surface area contributed by atoms with Crippen molar-refractivity contribution in [3.05, 3.63) is 54.1 Å². The zero-order valence-corrected chi connectivity index (χ0v) is 16.2. The highest BCUT2D eigenvalue weighted by atomic mass is 32.2. The van der Waals surface area contributed by atoms with Crippen molar-refractivity contribution >= 4 is 15.7 Å². The van der Waals surface area contributed by atoms with E-state index in [0.29, 0.717) is 38.5 Å². The Labute approximate surface area is 156 Å². The van der Waals surface area contributed by atoms with Gasteiger partial charge in [0.05, 0.1) is 6.61 Å². The second kappa shape index (κ2) is 8.10. The first-order valence-electron chi connectivity index (χ1n) is 9.12. The summed E-state index contributed by atoms with van der Waals surface area (Å²) < 4.78 is 33.6. The van der Waals surface area contributed by atoms with Crippen molar-refractivity contribution in [3.8, 4) is 5.75 Å². The fourth-order valence-electron chi connectivity index (χ4n) is 3.21. The van der Waals surface area contributed by atoms with E-state index in [1.807, 2.05) is 38.1 Å². The summed E-state index contributed by atoms with van der Waals surface area (Å²) in [6, 6.07) is 15.6. The molecular weight excluding hydrogens is 348 g/mol. The Morgan fingerprint density at radius 1 is 0.962 bits per heavy atom. The van der Waals surface area contributed by atoms with Crippen LogP contribution >= 0.6 is 0 Å². The zero-order chi connectivity index (χ0) is 18.6. The third-order valence-electron chi connectivity index (χ3n) is 4.69. The minimum Gasteiger partial charge on any atom is -0.492 e. The number of nitrogens with zero attached hydrogens (tertiary/aromatic N) is 2. The van der Waals surface area contributed by atoms with Crippen molar-refractivity contribution in [1.82, 2.24) is 4.31 Å². The molecule has 5 nitrogen and oxygen atoms in total. The Hall–Kier alpha value is -2.05. The van der Waals surface area contributed by atoms with Crippen molar-refractivity contribution < 1.29 is 13.2 Å². The first kappa shape index (κ1) is 18.7. The Balaban J connectivity index is 1.81. The summed E-state index contributed by atoms with van der Waals surface area (Å²) in [6.45, 7) is 6.63. The molecule has 1 fully saturated rings. The molecule has 0 N–H and O–H groups in total. The minimum absolute atomic E-state index is 0.284. The summed E-state index contributed by atoms with van der Waals surface area (Å²) in [5.41, 5.74) is 2.13. The van der Waals surface area contributed by atoms with E-state index in [1.54, 1.807) is 16.4 Å². The maximum atomic E-state index is 13.2. The van der Waals surface area contributed by atoms with Gasteiger partial charge in [-0.1, -0.05) is 31.2 Å². The van der Waals surface area contributed by atoms with Crippen LogP contribution in [0.2, 0.25) is 0 Å². The van der Waals surface area contributed by atoms with Crippen LogP contribution in [-0.2, 0) is 16.4 Å². The smallest absolute Gasteiger partial charge is 0.246 e. The maximum Gasteiger partial charge on any atom is 0.246 e. The summed E-state index contributed by atoms with van der Waals surface area (Å²) in [6.07, 6.45) is 0.788. The molecule has 2 aromatic carbocycles. The molecule has 0 aliphatic carbocycles. The molecule has 1 aliphatic heterocycles. The van der Waals surface area contributed by atoms with E-state index in [2.05, 4.69) is 17.0 Å². The largest absolute Gasteiger partial charge is 0.492 e. The van der Waals surface area contributed by atoms with Gasteiger partial charge in [0.15, 0.2) is 0 Å². The normalized spacial score (nSPS) is 15.8. The van der Waals surface area contributed by atoms with Gasteiger partial charge in [-0.3, -0.25) is 0 Å². The molecule has 6 heteroatoms. The van der Waals surface area contributed by atoms with E-state index >= 15 is 0 Å². The number of rotatable bonds is 6. The number of hydrogen-bond donors (Lipinski definition) is 0. The average molecular weight is 375 g/mol. The van der Waals surface area contributed by atoms with E-state index in [4.69, 9.17) is 4.74 Å². The topological polar surface area (TPSA) is 49.9 Å². The second-order valence-corrected chi connectivity index (χ2v) is 8.20. The Bertz CT molecular complexity index is 829. The highest BCUT2D eigenvalue weighted by molar-refractivity contribution is 7.89. The molecule has 2 aromatic rings. The van der Waals surface area contributed by atoms with E-state index in [9.17, 15) is 8.42 Å². The van der Waals surface area contributed by atoms with Crippen molar-refractivity contribution in [2.24, 2.45) is 0 Å². The van der Waals surface area contributed by atoms with Gasteiger partial charge in [-0.25, -0.2) is 8.42 Å². The summed E-state index contributed by atoms with van der Waals surface area (Å²) in [5.74, 6) is 0.440. The number of benzene rings is 2. The predicted octanol–water partition coefficient (Wildman–Crippen LogP) is 3.16. The number of anilines is 1. The van der Waals surface area contributed by atoms with Gasteiger partial charge in [0, 0.05) is 31.9 Å². The van der Waals surface area contributed by atoms with Gasteiger partial charge in [0.1, 0.15) is 10.6 Å². The summed E-state index contributed by atoms with van der Waals surface area (Å²) in [4.78, 5) is 2.50. The number of hydrogen-bond acceptors (Lipinski definition) is 4. The van der Waals surface area contributed by atoms with Crippen LogP contribution < -0.4 is 9.64 Å². The molecule has 0 radical (unpaired) electrons. The van der Waals surface area contributed by atoms with Gasteiger partial charge < -0.3 is 9.64 Å². The van der Waals surface area contributed by atoms with Crippen LogP contribution in [0.1, 0.15) is 19.4 Å². The van der Waals surface area contributed by atoms with E-state index in [1.165, 1.54) is 0 Å². The lowest BCUT2D eigenvalue weighted by Gasteiger charge is -2.35. The fourth-order valence-corrected chi connectivity index (χ4v) is 4.82. The molecule has 0 atom stereocenters. The molecule has 26 heavy (non-hydrogen) atoms. The lowest BCUT2D eigenvalue weighted by molar-refractivity contribution is 0.327. The van der Waals surface area contributed by atoms with E-state index < -0.39 is 10.0 Å². The van der Waals surface area contributed by atoms with Gasteiger partial charge in [0.25, 0.3) is 0 Å². The average Bonchev–Trinajstić information content (AvgIpc) is 2.69. The zero-order valence-electron chi connectivity index (χ0n) is 15.4. The Morgan fingerprint density at radius 3 is 2.27 bits per heavy atom. The molecule has 3 rings (SSSR count). The molecule has 0 bridgehead atoms. The highest BCUT2D eigenvalue weighted by Crippen LogP contribution is 2.29. The number of aryl methyl sites for hydroxylation is 1. The molecule has 0 spiro atoms. The van der Waals surface area contributed by atoms with Crippen LogP contribution in [0.25, 0.3) is 0 Å². The van der Waals surface area contributed by atoms with Gasteiger partial charge in [-0.2, -0.15) is 4.31 Å². The number of piperazine rings is 1. The maximum absolute atomic E-state index is 13.2. The fraction of sp³-hybridized carbons (Fsp3) is 0.400. The van der Waals surface area contributed by atoms with E-state index in [0.717, 1.165) is 17.7 Å². The molecule has 0 unspecified atom stereocenters. The van der Waals surface area contributed by atoms with Crippen LogP contribution in [0.4, 0.5) is 5.69 Å². The summed E-state index contributed by atoms with van der Waals surface area (Å²) >= 11 is 0. The quantitative estimate of drug-likeness (QED) is 0.779. The van der Waals surface area contributed by atoms with Crippen LogP contribution in [0.3, 0.4) is 0 Å². The molecule has 1 aliphatic rings. The molecular formula is C20H26N2O3S. The third-order valence-corrected chi connectivity index (χ3v) is 6.61. The Morgan fingerprint density at radius 2 is 1.65 bits per heavy atom. The summed E-state index contributed by atoms with van der Waals surface area (Å²) in [5, 5.41) is 0. The van der Waals surface area contributed by atoms with Crippen LogP contribution in [0.5, 0.6) is 5.75 Å². The lowest BCUT2D eigenvalue weighted by Crippen LogP contribution is -2.48. The van der Waals surface area contributed by atoms with E-state index in [-0.39, 0.29) is 4.90 Å². The van der Waals surface area contributed by atoms with Crippen LogP contribution in [-0.4, -0.2) is 45.5 Å². The van der Waals surface area contributed by atoms with Gasteiger partial charge in [-0.15, -0.1) is 0 Å².